The molecule has 23 heavy (non-hydrogen) atoms. The van der Waals surface area contributed by atoms with Gasteiger partial charge in [-0.1, -0.05) is 6.07 Å². The van der Waals surface area contributed by atoms with Crippen LogP contribution in [0.25, 0.3) is 11.0 Å². The van der Waals surface area contributed by atoms with Gasteiger partial charge in [0.25, 0.3) is 5.91 Å². The van der Waals surface area contributed by atoms with Crippen LogP contribution in [0, 0.1) is 0 Å². The van der Waals surface area contributed by atoms with Gasteiger partial charge in [-0.2, -0.15) is 13.2 Å². The van der Waals surface area contributed by atoms with Crippen molar-refractivity contribution >= 4 is 16.9 Å². The number of halogens is 3. The zero-order valence-electron chi connectivity index (χ0n) is 12.1. The van der Waals surface area contributed by atoms with Gasteiger partial charge in [0.1, 0.15) is 5.58 Å². The SMILES string of the molecule is O=C(N[C@@H]1C[C@H]2CC[C@@H]1N2)c1ccc2cc(C(F)(F)F)oc2c1. The minimum atomic E-state index is -4.53. The number of nitrogens with one attached hydrogen (secondary N) is 2. The summed E-state index contributed by atoms with van der Waals surface area (Å²) in [5.41, 5.74) is 0.374. The minimum absolute atomic E-state index is 0.0658. The lowest BCUT2D eigenvalue weighted by Crippen LogP contribution is -2.42. The number of hydrogen-bond acceptors (Lipinski definition) is 3. The Morgan fingerprint density at radius 1 is 1.26 bits per heavy atom. The number of carbonyl (C=O) groups is 1. The highest BCUT2D eigenvalue weighted by molar-refractivity contribution is 5.97. The molecule has 4 rings (SSSR count). The molecule has 2 aliphatic heterocycles. The van der Waals surface area contributed by atoms with Gasteiger partial charge < -0.3 is 15.1 Å². The van der Waals surface area contributed by atoms with Gasteiger partial charge in [0.2, 0.25) is 5.76 Å². The molecule has 4 nitrogen and oxygen atoms in total. The van der Waals surface area contributed by atoms with Crippen LogP contribution in [0.1, 0.15) is 35.4 Å². The summed E-state index contributed by atoms with van der Waals surface area (Å²) in [4.78, 5) is 12.3. The first kappa shape index (κ1) is 14.6. The molecule has 0 unspecified atom stereocenters. The summed E-state index contributed by atoms with van der Waals surface area (Å²) in [6.45, 7) is 0. The van der Waals surface area contributed by atoms with E-state index in [0.717, 1.165) is 25.3 Å². The first-order chi connectivity index (χ1) is 10.9. The van der Waals surface area contributed by atoms with Crippen LogP contribution in [-0.2, 0) is 6.18 Å². The van der Waals surface area contributed by atoms with Gasteiger partial charge in [-0.05, 0) is 37.5 Å². The highest BCUT2D eigenvalue weighted by Gasteiger charge is 2.40. The summed E-state index contributed by atoms with van der Waals surface area (Å²) in [6, 6.07) is 6.15. The zero-order chi connectivity index (χ0) is 16.2. The van der Waals surface area contributed by atoms with Crippen LogP contribution in [0.2, 0.25) is 0 Å². The van der Waals surface area contributed by atoms with Crippen LogP contribution in [0.3, 0.4) is 0 Å². The van der Waals surface area contributed by atoms with E-state index in [2.05, 4.69) is 10.6 Å². The quantitative estimate of drug-likeness (QED) is 0.893. The second kappa shape index (κ2) is 4.99. The fourth-order valence-corrected chi connectivity index (χ4v) is 3.55. The first-order valence-corrected chi connectivity index (χ1v) is 7.58. The summed E-state index contributed by atoms with van der Waals surface area (Å²) in [5.74, 6) is -1.33. The van der Waals surface area contributed by atoms with E-state index in [1.54, 1.807) is 0 Å². The third kappa shape index (κ3) is 2.59. The Morgan fingerprint density at radius 3 is 2.74 bits per heavy atom. The predicted molar refractivity (Wildman–Crippen MR) is 77.0 cm³/mol. The van der Waals surface area contributed by atoms with E-state index in [9.17, 15) is 18.0 Å². The fourth-order valence-electron chi connectivity index (χ4n) is 3.55. The van der Waals surface area contributed by atoms with Gasteiger partial charge in [-0.3, -0.25) is 4.79 Å². The molecule has 122 valence electrons. The van der Waals surface area contributed by atoms with Crippen LogP contribution in [-0.4, -0.2) is 24.0 Å². The molecule has 1 aromatic carbocycles. The Balaban J connectivity index is 1.55. The van der Waals surface area contributed by atoms with Crippen molar-refractivity contribution in [3.63, 3.8) is 0 Å². The van der Waals surface area contributed by atoms with Crippen molar-refractivity contribution < 1.29 is 22.4 Å². The molecule has 3 atom stereocenters. The van der Waals surface area contributed by atoms with Crippen molar-refractivity contribution in [2.75, 3.05) is 0 Å². The number of benzene rings is 1. The van der Waals surface area contributed by atoms with Gasteiger partial charge in [0.05, 0.1) is 0 Å². The number of hydrogen-bond donors (Lipinski definition) is 2. The Kier molecular flexibility index (Phi) is 3.16. The lowest BCUT2D eigenvalue weighted by Gasteiger charge is -2.21. The van der Waals surface area contributed by atoms with Crippen LogP contribution < -0.4 is 10.6 Å². The second-order valence-corrected chi connectivity index (χ2v) is 6.22. The minimum Gasteiger partial charge on any atom is -0.451 e. The molecule has 2 bridgehead atoms. The Hall–Kier alpha value is -2.02. The molecule has 0 aliphatic carbocycles. The van der Waals surface area contributed by atoms with Gasteiger partial charge in [0.15, 0.2) is 0 Å². The highest BCUT2D eigenvalue weighted by Crippen LogP contribution is 2.34. The largest absolute Gasteiger partial charge is 0.451 e. The first-order valence-electron chi connectivity index (χ1n) is 7.58. The van der Waals surface area contributed by atoms with E-state index >= 15 is 0 Å². The third-order valence-corrected chi connectivity index (χ3v) is 4.68. The Morgan fingerprint density at radius 2 is 2.09 bits per heavy atom. The van der Waals surface area contributed by atoms with Crippen molar-refractivity contribution in [3.05, 3.63) is 35.6 Å². The second-order valence-electron chi connectivity index (χ2n) is 6.22. The molecule has 0 saturated carbocycles. The lowest BCUT2D eigenvalue weighted by atomic mass is 9.95. The smallest absolute Gasteiger partial charge is 0.449 e. The summed E-state index contributed by atoms with van der Waals surface area (Å²) >= 11 is 0. The van der Waals surface area contributed by atoms with Crippen LogP contribution in [0.5, 0.6) is 0 Å². The average Bonchev–Trinajstić information content (AvgIpc) is 3.20. The molecule has 1 amide bonds. The number of rotatable bonds is 2. The molecule has 0 radical (unpaired) electrons. The third-order valence-electron chi connectivity index (χ3n) is 4.68. The number of furan rings is 1. The Bertz CT molecular complexity index is 768. The van der Waals surface area contributed by atoms with E-state index in [0.29, 0.717) is 23.0 Å². The van der Waals surface area contributed by atoms with E-state index in [4.69, 9.17) is 4.42 Å². The summed E-state index contributed by atoms with van der Waals surface area (Å²) in [7, 11) is 0. The highest BCUT2D eigenvalue weighted by atomic mass is 19.4. The molecule has 0 spiro atoms. The zero-order valence-corrected chi connectivity index (χ0v) is 12.1. The summed E-state index contributed by atoms with van der Waals surface area (Å²) in [5, 5.41) is 6.72. The van der Waals surface area contributed by atoms with E-state index < -0.39 is 11.9 Å². The maximum atomic E-state index is 12.7. The molecule has 7 heteroatoms. The lowest BCUT2D eigenvalue weighted by molar-refractivity contribution is -0.152. The average molecular weight is 324 g/mol. The van der Waals surface area contributed by atoms with Gasteiger partial charge in [0, 0.05) is 29.1 Å². The molecule has 3 heterocycles. The number of carbonyl (C=O) groups excluding carboxylic acids is 1. The van der Waals surface area contributed by atoms with Crippen LogP contribution >= 0.6 is 0 Å². The summed E-state index contributed by atoms with van der Waals surface area (Å²) in [6.07, 6.45) is -1.45. The van der Waals surface area contributed by atoms with E-state index in [1.165, 1.54) is 18.2 Å². The van der Waals surface area contributed by atoms with Gasteiger partial charge >= 0.3 is 6.18 Å². The van der Waals surface area contributed by atoms with Crippen molar-refractivity contribution in [2.45, 2.75) is 43.6 Å². The number of fused-ring (bicyclic) bond motifs is 3. The maximum Gasteiger partial charge on any atom is 0.449 e. The normalized spacial score (nSPS) is 26.8. The Labute approximate surface area is 130 Å². The van der Waals surface area contributed by atoms with Crippen LogP contribution in [0.15, 0.2) is 28.7 Å². The van der Waals surface area contributed by atoms with E-state index in [1.807, 2.05) is 0 Å². The standard InChI is InChI=1S/C16H15F3N2O2/c17-16(18,19)14-6-8-1-2-9(5-13(8)23-14)15(22)21-12-7-10-3-4-11(12)20-10/h1-2,5-6,10-12,20H,3-4,7H2,(H,21,22)/t10-,11+,12-/m1/s1. The van der Waals surface area contributed by atoms with Crippen molar-refractivity contribution in [1.29, 1.82) is 0 Å². The molecule has 2 saturated heterocycles. The predicted octanol–water partition coefficient (Wildman–Crippen LogP) is 3.07. The van der Waals surface area contributed by atoms with Crippen LogP contribution in [0.4, 0.5) is 13.2 Å². The van der Waals surface area contributed by atoms with Crippen molar-refractivity contribution in [1.82, 2.24) is 10.6 Å². The fraction of sp³-hybridized carbons (Fsp3) is 0.438. The molecule has 2 aromatic rings. The van der Waals surface area contributed by atoms with Gasteiger partial charge in [-0.15, -0.1) is 0 Å². The summed E-state index contributed by atoms with van der Waals surface area (Å²) < 4.78 is 42.8. The van der Waals surface area contributed by atoms with Gasteiger partial charge in [-0.25, -0.2) is 0 Å². The molecule has 2 fully saturated rings. The van der Waals surface area contributed by atoms with E-state index in [-0.39, 0.29) is 17.5 Å². The van der Waals surface area contributed by atoms with Crippen molar-refractivity contribution in [3.8, 4) is 0 Å². The van der Waals surface area contributed by atoms with Crippen molar-refractivity contribution in [2.24, 2.45) is 0 Å². The maximum absolute atomic E-state index is 12.7. The molecule has 1 aromatic heterocycles. The molecular weight excluding hydrogens is 309 g/mol. The topological polar surface area (TPSA) is 54.3 Å². The molecular formula is C16H15F3N2O2. The molecule has 2 aliphatic rings. The molecule has 2 N–H and O–H groups in total. The monoisotopic (exact) mass is 324 g/mol. The number of amides is 1. The number of alkyl halides is 3.